The molecule has 68 valence electrons. The zero-order valence-corrected chi connectivity index (χ0v) is 7.48. The molecular formula is C9H6BNO3. The van der Waals surface area contributed by atoms with Gasteiger partial charge in [-0.25, -0.2) is 9.59 Å². The second-order valence-corrected chi connectivity index (χ2v) is 2.99. The van der Waals surface area contributed by atoms with Crippen LogP contribution in [0.1, 0.15) is 0 Å². The molecular weight excluding hydrogens is 181 g/mol. The second-order valence-electron chi connectivity index (χ2n) is 2.99. The van der Waals surface area contributed by atoms with Crippen LogP contribution in [-0.4, -0.2) is 12.4 Å². The van der Waals surface area contributed by atoms with Crippen LogP contribution in [0.4, 0.5) is 0 Å². The molecule has 0 unspecified atom stereocenters. The SMILES string of the molecule is [B]c1ccc2c(c1)c(=O)oc(=O)n2C. The highest BCUT2D eigenvalue weighted by atomic mass is 16.4. The summed E-state index contributed by atoms with van der Waals surface area (Å²) in [7, 11) is 7.04. The van der Waals surface area contributed by atoms with E-state index in [1.54, 1.807) is 12.1 Å². The summed E-state index contributed by atoms with van der Waals surface area (Å²) in [6, 6.07) is 4.73. The van der Waals surface area contributed by atoms with Gasteiger partial charge in [0.2, 0.25) is 0 Å². The topological polar surface area (TPSA) is 52.2 Å². The standard InChI is InChI=1S/C9H6BNO3/c1-11-7-3-2-5(10)4-6(7)8(12)14-9(11)13/h2-4H,1H3. The first-order valence-electron chi connectivity index (χ1n) is 3.99. The van der Waals surface area contributed by atoms with E-state index in [0.717, 1.165) is 0 Å². The molecule has 0 saturated carbocycles. The summed E-state index contributed by atoms with van der Waals surface area (Å²) in [6.45, 7) is 0. The third-order valence-corrected chi connectivity index (χ3v) is 2.06. The maximum atomic E-state index is 11.3. The van der Waals surface area contributed by atoms with E-state index in [2.05, 4.69) is 4.42 Å². The molecule has 0 aliphatic rings. The van der Waals surface area contributed by atoms with Crippen molar-refractivity contribution < 1.29 is 4.42 Å². The van der Waals surface area contributed by atoms with Crippen LogP contribution in [0, 0.1) is 0 Å². The molecule has 14 heavy (non-hydrogen) atoms. The van der Waals surface area contributed by atoms with Crippen LogP contribution in [-0.2, 0) is 7.05 Å². The van der Waals surface area contributed by atoms with E-state index in [1.807, 2.05) is 0 Å². The zero-order valence-electron chi connectivity index (χ0n) is 7.48. The van der Waals surface area contributed by atoms with E-state index >= 15 is 0 Å². The fraction of sp³-hybridized carbons (Fsp3) is 0.111. The minimum absolute atomic E-state index is 0.312. The third-order valence-electron chi connectivity index (χ3n) is 2.06. The van der Waals surface area contributed by atoms with Crippen molar-refractivity contribution >= 4 is 24.2 Å². The molecule has 2 aromatic rings. The van der Waals surface area contributed by atoms with Gasteiger partial charge in [-0.15, -0.1) is 0 Å². The van der Waals surface area contributed by atoms with Gasteiger partial charge in [0, 0.05) is 7.05 Å². The molecule has 0 fully saturated rings. The number of aromatic nitrogens is 1. The number of aryl methyl sites for hydroxylation is 1. The van der Waals surface area contributed by atoms with Gasteiger partial charge in [-0.05, 0) is 6.07 Å². The van der Waals surface area contributed by atoms with E-state index in [0.29, 0.717) is 16.4 Å². The van der Waals surface area contributed by atoms with Crippen LogP contribution < -0.4 is 16.8 Å². The molecule has 0 amide bonds. The van der Waals surface area contributed by atoms with E-state index in [9.17, 15) is 9.59 Å². The Labute approximate surface area is 80.2 Å². The summed E-state index contributed by atoms with van der Waals surface area (Å²) < 4.78 is 5.73. The monoisotopic (exact) mass is 187 g/mol. The number of nitrogens with zero attached hydrogens (tertiary/aromatic N) is 1. The molecule has 0 aliphatic carbocycles. The lowest BCUT2D eigenvalue weighted by Gasteiger charge is -2.02. The summed E-state index contributed by atoms with van der Waals surface area (Å²) in [5, 5.41) is 0.312. The fourth-order valence-corrected chi connectivity index (χ4v) is 1.31. The van der Waals surface area contributed by atoms with Crippen molar-refractivity contribution in [2.75, 3.05) is 0 Å². The molecule has 0 bridgehead atoms. The van der Waals surface area contributed by atoms with Crippen molar-refractivity contribution in [2.24, 2.45) is 7.05 Å². The second kappa shape index (κ2) is 2.87. The number of hydrogen-bond acceptors (Lipinski definition) is 3. The average molecular weight is 187 g/mol. The summed E-state index contributed by atoms with van der Waals surface area (Å²) >= 11 is 0. The molecule has 0 atom stereocenters. The predicted octanol–water partition coefficient (Wildman–Crippen LogP) is -0.715. The summed E-state index contributed by atoms with van der Waals surface area (Å²) in [4.78, 5) is 22.4. The molecule has 2 rings (SSSR count). The van der Waals surface area contributed by atoms with Crippen molar-refractivity contribution in [1.82, 2.24) is 4.57 Å². The van der Waals surface area contributed by atoms with Crippen LogP contribution >= 0.6 is 0 Å². The predicted molar refractivity (Wildman–Crippen MR) is 53.1 cm³/mol. The maximum Gasteiger partial charge on any atom is 0.422 e. The number of hydrogen-bond donors (Lipinski definition) is 0. The molecule has 1 heterocycles. The van der Waals surface area contributed by atoms with E-state index in [-0.39, 0.29) is 0 Å². The Bertz CT molecular complexity index is 611. The number of fused-ring (bicyclic) bond motifs is 1. The summed E-state index contributed by atoms with van der Waals surface area (Å²) in [5.41, 5.74) is 0.319. The fourth-order valence-electron chi connectivity index (χ4n) is 1.31. The Balaban J connectivity index is 3.10. The van der Waals surface area contributed by atoms with Gasteiger partial charge in [0.1, 0.15) is 7.85 Å². The van der Waals surface area contributed by atoms with Gasteiger partial charge in [-0.1, -0.05) is 17.6 Å². The van der Waals surface area contributed by atoms with Gasteiger partial charge < -0.3 is 4.42 Å². The zero-order chi connectivity index (χ0) is 10.3. The normalized spacial score (nSPS) is 10.6. The van der Waals surface area contributed by atoms with Crippen molar-refractivity contribution in [2.45, 2.75) is 0 Å². The van der Waals surface area contributed by atoms with Crippen molar-refractivity contribution in [3.63, 3.8) is 0 Å². The maximum absolute atomic E-state index is 11.3. The quantitative estimate of drug-likeness (QED) is 0.511. The van der Waals surface area contributed by atoms with Crippen molar-refractivity contribution in [1.29, 1.82) is 0 Å². The third kappa shape index (κ3) is 1.17. The first-order valence-corrected chi connectivity index (χ1v) is 3.99. The Kier molecular flexibility index (Phi) is 1.80. The summed E-state index contributed by atoms with van der Waals surface area (Å²) in [5.74, 6) is -0.674. The lowest BCUT2D eigenvalue weighted by atomic mass is 9.95. The number of rotatable bonds is 0. The van der Waals surface area contributed by atoms with Gasteiger partial charge in [-0.2, -0.15) is 0 Å². The van der Waals surface area contributed by atoms with E-state index in [4.69, 9.17) is 7.85 Å². The molecule has 4 nitrogen and oxygen atoms in total. The largest absolute Gasteiger partial charge is 0.422 e. The van der Waals surface area contributed by atoms with Gasteiger partial charge in [0.25, 0.3) is 0 Å². The minimum Gasteiger partial charge on any atom is -0.372 e. The molecule has 0 saturated heterocycles. The minimum atomic E-state index is -0.674. The molecule has 1 aromatic heterocycles. The molecule has 0 N–H and O–H groups in total. The Morgan fingerprint density at radius 2 is 2.07 bits per heavy atom. The molecule has 1 aromatic carbocycles. The highest BCUT2D eigenvalue weighted by Crippen LogP contribution is 2.03. The molecule has 5 heteroatoms. The van der Waals surface area contributed by atoms with Gasteiger partial charge in [0.05, 0.1) is 10.9 Å². The molecule has 0 aliphatic heterocycles. The highest BCUT2D eigenvalue weighted by molar-refractivity contribution is 6.33. The first kappa shape index (κ1) is 8.81. The van der Waals surface area contributed by atoms with Crippen LogP contribution in [0.3, 0.4) is 0 Å². The van der Waals surface area contributed by atoms with Crippen molar-refractivity contribution in [3.8, 4) is 0 Å². The smallest absolute Gasteiger partial charge is 0.372 e. The summed E-state index contributed by atoms with van der Waals surface area (Å²) in [6.07, 6.45) is 0. The molecule has 2 radical (unpaired) electrons. The van der Waals surface area contributed by atoms with Crippen LogP contribution in [0.5, 0.6) is 0 Å². The lowest BCUT2D eigenvalue weighted by Crippen LogP contribution is -2.23. The van der Waals surface area contributed by atoms with Crippen LogP contribution in [0.15, 0.2) is 32.2 Å². The Morgan fingerprint density at radius 1 is 1.36 bits per heavy atom. The van der Waals surface area contributed by atoms with E-state index in [1.165, 1.54) is 17.7 Å². The Morgan fingerprint density at radius 3 is 2.79 bits per heavy atom. The first-order chi connectivity index (χ1) is 6.59. The Hall–Kier alpha value is -1.78. The molecule has 0 spiro atoms. The van der Waals surface area contributed by atoms with E-state index < -0.39 is 11.4 Å². The van der Waals surface area contributed by atoms with Crippen LogP contribution in [0.25, 0.3) is 10.9 Å². The average Bonchev–Trinajstić information content (AvgIpc) is 2.14. The van der Waals surface area contributed by atoms with Crippen LogP contribution in [0.2, 0.25) is 0 Å². The van der Waals surface area contributed by atoms with Gasteiger partial charge in [0.15, 0.2) is 0 Å². The van der Waals surface area contributed by atoms with Crippen molar-refractivity contribution in [3.05, 3.63) is 39.2 Å². The lowest BCUT2D eigenvalue weighted by molar-refractivity contribution is 0.433. The van der Waals surface area contributed by atoms with Gasteiger partial charge in [-0.3, -0.25) is 4.57 Å². The number of benzene rings is 1. The van der Waals surface area contributed by atoms with Gasteiger partial charge >= 0.3 is 11.4 Å². The highest BCUT2D eigenvalue weighted by Gasteiger charge is 2.05.